The van der Waals surface area contributed by atoms with Crippen LogP contribution < -0.4 is 0 Å². The number of ether oxygens (including phenoxy) is 1. The molecule has 0 amide bonds. The average molecular weight is 318 g/mol. The maximum atomic E-state index is 12.5. The van der Waals surface area contributed by atoms with Gasteiger partial charge in [-0.1, -0.05) is 66.7 Å². The molecule has 0 bridgehead atoms. The Kier molecular flexibility index (Phi) is 3.76. The Hall–Kier alpha value is -2.35. The van der Waals surface area contributed by atoms with Crippen LogP contribution in [0.15, 0.2) is 66.7 Å². The van der Waals surface area contributed by atoms with E-state index >= 15 is 0 Å². The van der Waals surface area contributed by atoms with E-state index in [0.29, 0.717) is 0 Å². The standard InChI is InChI=1S/C22H22O2/c1-24-21(23)18-12-13-19(16-8-4-2-5-9-16)22(14-15-22)20(18)17-10-6-3-7-11-17/h2-11,13,18,20H,12,14-15H2,1H3/t18-,20-/m0/s1. The van der Waals surface area contributed by atoms with Crippen molar-refractivity contribution >= 4 is 11.5 Å². The minimum atomic E-state index is -0.0904. The third kappa shape index (κ3) is 2.37. The van der Waals surface area contributed by atoms with E-state index in [1.54, 1.807) is 0 Å². The van der Waals surface area contributed by atoms with Gasteiger partial charge in [0, 0.05) is 11.3 Å². The largest absolute Gasteiger partial charge is 0.469 e. The molecule has 0 N–H and O–H groups in total. The summed E-state index contributed by atoms with van der Waals surface area (Å²) in [5, 5.41) is 0. The molecule has 0 unspecified atom stereocenters. The first-order valence-electron chi connectivity index (χ1n) is 8.65. The molecule has 0 heterocycles. The van der Waals surface area contributed by atoms with Gasteiger partial charge in [-0.25, -0.2) is 0 Å². The van der Waals surface area contributed by atoms with Crippen LogP contribution in [0, 0.1) is 11.3 Å². The first-order valence-corrected chi connectivity index (χ1v) is 8.65. The highest BCUT2D eigenvalue weighted by Gasteiger charge is 2.58. The summed E-state index contributed by atoms with van der Waals surface area (Å²) in [5.41, 5.74) is 4.04. The van der Waals surface area contributed by atoms with Crippen LogP contribution in [0.2, 0.25) is 0 Å². The zero-order chi connectivity index (χ0) is 16.6. The van der Waals surface area contributed by atoms with Crippen LogP contribution in [0.25, 0.3) is 5.57 Å². The highest BCUT2D eigenvalue weighted by Crippen LogP contribution is 2.68. The molecule has 1 fully saturated rings. The molecule has 2 aromatic carbocycles. The number of allylic oxidation sites excluding steroid dienone is 2. The maximum Gasteiger partial charge on any atom is 0.309 e. The summed E-state index contributed by atoms with van der Waals surface area (Å²) < 4.78 is 5.14. The zero-order valence-corrected chi connectivity index (χ0v) is 13.9. The SMILES string of the molecule is COC(=O)[C@H]1CC=C(c2ccccc2)C2(CC2)[C@H]1c1ccccc1. The number of methoxy groups -OCH3 is 1. The number of esters is 1. The molecule has 2 heteroatoms. The van der Waals surface area contributed by atoms with E-state index < -0.39 is 0 Å². The van der Waals surface area contributed by atoms with Crippen LogP contribution in [0.5, 0.6) is 0 Å². The molecule has 0 aliphatic heterocycles. The van der Waals surface area contributed by atoms with Gasteiger partial charge in [0.05, 0.1) is 13.0 Å². The van der Waals surface area contributed by atoms with Crippen LogP contribution in [-0.4, -0.2) is 13.1 Å². The Morgan fingerprint density at radius 3 is 2.21 bits per heavy atom. The van der Waals surface area contributed by atoms with Gasteiger partial charge in [-0.2, -0.15) is 0 Å². The zero-order valence-electron chi connectivity index (χ0n) is 13.9. The van der Waals surface area contributed by atoms with Crippen molar-refractivity contribution in [2.24, 2.45) is 11.3 Å². The lowest BCUT2D eigenvalue weighted by Gasteiger charge is -2.38. The summed E-state index contributed by atoms with van der Waals surface area (Å²) >= 11 is 0. The Morgan fingerprint density at radius 1 is 1.00 bits per heavy atom. The summed E-state index contributed by atoms with van der Waals surface area (Å²) in [4.78, 5) is 12.5. The number of carbonyl (C=O) groups excluding carboxylic acids is 1. The first kappa shape index (κ1) is 15.2. The molecule has 1 saturated carbocycles. The van der Waals surface area contributed by atoms with Gasteiger partial charge >= 0.3 is 5.97 Å². The molecule has 2 nitrogen and oxygen atoms in total. The molecule has 4 rings (SSSR count). The predicted molar refractivity (Wildman–Crippen MR) is 95.4 cm³/mol. The monoisotopic (exact) mass is 318 g/mol. The van der Waals surface area contributed by atoms with Crippen molar-refractivity contribution in [3.05, 3.63) is 77.9 Å². The minimum absolute atomic E-state index is 0.0831. The summed E-state index contributed by atoms with van der Waals surface area (Å²) in [7, 11) is 1.50. The third-order valence-corrected chi connectivity index (χ3v) is 5.65. The Labute approximate surface area is 143 Å². The topological polar surface area (TPSA) is 26.3 Å². The quantitative estimate of drug-likeness (QED) is 0.758. The van der Waals surface area contributed by atoms with Gasteiger partial charge in [-0.05, 0) is 36.0 Å². The third-order valence-electron chi connectivity index (χ3n) is 5.65. The van der Waals surface area contributed by atoms with E-state index in [2.05, 4.69) is 60.7 Å². The fraction of sp³-hybridized carbons (Fsp3) is 0.318. The van der Waals surface area contributed by atoms with Gasteiger partial charge in [-0.3, -0.25) is 4.79 Å². The number of carbonyl (C=O) groups is 1. The van der Waals surface area contributed by atoms with E-state index in [1.807, 2.05) is 6.07 Å². The first-order chi connectivity index (χ1) is 11.8. The van der Waals surface area contributed by atoms with Crippen molar-refractivity contribution in [1.82, 2.24) is 0 Å². The second-order valence-corrected chi connectivity index (χ2v) is 6.89. The second-order valence-electron chi connectivity index (χ2n) is 6.89. The summed E-state index contributed by atoms with van der Waals surface area (Å²) in [6.45, 7) is 0. The van der Waals surface area contributed by atoms with Gasteiger partial charge in [0.1, 0.15) is 0 Å². The van der Waals surface area contributed by atoms with Crippen LogP contribution in [-0.2, 0) is 9.53 Å². The molecule has 1 spiro atoms. The number of hydrogen-bond acceptors (Lipinski definition) is 2. The molecule has 2 aromatic rings. The fourth-order valence-electron chi connectivity index (χ4n) is 4.47. The van der Waals surface area contributed by atoms with E-state index in [9.17, 15) is 4.79 Å². The number of benzene rings is 2. The fourth-order valence-corrected chi connectivity index (χ4v) is 4.47. The van der Waals surface area contributed by atoms with Crippen LogP contribution >= 0.6 is 0 Å². The van der Waals surface area contributed by atoms with Crippen LogP contribution in [0.1, 0.15) is 36.3 Å². The smallest absolute Gasteiger partial charge is 0.309 e. The van der Waals surface area contributed by atoms with Crippen molar-refractivity contribution in [2.75, 3.05) is 7.11 Å². The summed E-state index contributed by atoms with van der Waals surface area (Å²) in [6, 6.07) is 21.1. The highest BCUT2D eigenvalue weighted by atomic mass is 16.5. The normalized spacial score (nSPS) is 24.3. The average Bonchev–Trinajstić information content (AvgIpc) is 3.42. The molecule has 0 aromatic heterocycles. The van der Waals surface area contributed by atoms with Gasteiger partial charge in [0.15, 0.2) is 0 Å². The molecule has 2 aliphatic carbocycles. The maximum absolute atomic E-state index is 12.5. The van der Waals surface area contributed by atoms with E-state index in [0.717, 1.165) is 19.3 Å². The van der Waals surface area contributed by atoms with Gasteiger partial charge in [0.25, 0.3) is 0 Å². The number of hydrogen-bond donors (Lipinski definition) is 0. The summed E-state index contributed by atoms with van der Waals surface area (Å²) in [6.07, 6.45) is 5.31. The Bertz CT molecular complexity index is 757. The second kappa shape index (κ2) is 5.94. The summed E-state index contributed by atoms with van der Waals surface area (Å²) in [5.74, 6) is 0.0252. The molecule has 122 valence electrons. The van der Waals surface area contributed by atoms with Crippen molar-refractivity contribution in [1.29, 1.82) is 0 Å². The molecule has 2 aliphatic rings. The van der Waals surface area contributed by atoms with Gasteiger partial charge in [-0.15, -0.1) is 0 Å². The van der Waals surface area contributed by atoms with Crippen LogP contribution in [0.4, 0.5) is 0 Å². The molecule has 0 saturated heterocycles. The van der Waals surface area contributed by atoms with Crippen molar-refractivity contribution in [2.45, 2.75) is 25.2 Å². The lowest BCUT2D eigenvalue weighted by Crippen LogP contribution is -2.33. The highest BCUT2D eigenvalue weighted by molar-refractivity contribution is 5.81. The van der Waals surface area contributed by atoms with Crippen molar-refractivity contribution in [3.63, 3.8) is 0 Å². The van der Waals surface area contributed by atoms with Gasteiger partial charge < -0.3 is 4.74 Å². The van der Waals surface area contributed by atoms with Gasteiger partial charge in [0.2, 0.25) is 0 Å². The Morgan fingerprint density at radius 2 is 1.62 bits per heavy atom. The number of rotatable bonds is 3. The Balaban J connectivity index is 1.82. The van der Waals surface area contributed by atoms with E-state index in [-0.39, 0.29) is 23.2 Å². The molecular weight excluding hydrogens is 296 g/mol. The van der Waals surface area contributed by atoms with Crippen molar-refractivity contribution < 1.29 is 9.53 Å². The molecular formula is C22H22O2. The van der Waals surface area contributed by atoms with E-state index in [1.165, 1.54) is 23.8 Å². The van der Waals surface area contributed by atoms with Crippen molar-refractivity contribution in [3.8, 4) is 0 Å². The lowest BCUT2D eigenvalue weighted by atomic mass is 9.65. The van der Waals surface area contributed by atoms with E-state index in [4.69, 9.17) is 4.74 Å². The molecule has 24 heavy (non-hydrogen) atoms. The lowest BCUT2D eigenvalue weighted by molar-refractivity contribution is -0.146. The predicted octanol–water partition coefficient (Wildman–Crippen LogP) is 4.83. The van der Waals surface area contributed by atoms with Crippen LogP contribution in [0.3, 0.4) is 0 Å². The molecule has 2 atom stereocenters. The molecule has 0 radical (unpaired) electrons. The minimum Gasteiger partial charge on any atom is -0.469 e.